The molecule has 1 aliphatic heterocycles. The topological polar surface area (TPSA) is 38.8 Å². The molecule has 110 valence electrons. The summed E-state index contributed by atoms with van der Waals surface area (Å²) in [5.41, 5.74) is -0.523. The van der Waals surface area contributed by atoms with Crippen LogP contribution < -0.4 is 4.74 Å². The lowest BCUT2D eigenvalue weighted by molar-refractivity contribution is -0.0229. The second-order valence-corrected chi connectivity index (χ2v) is 6.14. The van der Waals surface area contributed by atoms with Crippen LogP contribution in [0.1, 0.15) is 20.8 Å². The second kappa shape index (κ2) is 5.48. The van der Waals surface area contributed by atoms with Gasteiger partial charge in [-0.15, -0.1) is 0 Å². The van der Waals surface area contributed by atoms with E-state index in [1.807, 2.05) is 20.8 Å². The minimum absolute atomic E-state index is 0.142. The zero-order chi connectivity index (χ0) is 14.9. The van der Waals surface area contributed by atoms with E-state index in [1.54, 1.807) is 6.07 Å². The van der Waals surface area contributed by atoms with Gasteiger partial charge in [-0.05, 0) is 39.0 Å². The molecular weight excluding hydrogens is 285 g/mol. The third-order valence-electron chi connectivity index (χ3n) is 2.69. The molecule has 1 aliphatic rings. The molecule has 1 aromatic rings. The SMILES string of the molecule is CC(C)(C)OC(=O)N1CC(Oc2ccc(Cl)cc2F)C1. The molecule has 2 rings (SSSR count). The number of halogens is 2. The number of carbonyl (C=O) groups is 1. The first-order valence-electron chi connectivity index (χ1n) is 6.34. The zero-order valence-corrected chi connectivity index (χ0v) is 12.4. The van der Waals surface area contributed by atoms with Gasteiger partial charge in [0, 0.05) is 5.02 Å². The van der Waals surface area contributed by atoms with Crippen LogP contribution in [0.5, 0.6) is 5.75 Å². The summed E-state index contributed by atoms with van der Waals surface area (Å²) in [6.07, 6.45) is -0.605. The quantitative estimate of drug-likeness (QED) is 0.839. The van der Waals surface area contributed by atoms with Crippen molar-refractivity contribution >= 4 is 17.7 Å². The van der Waals surface area contributed by atoms with Crippen LogP contribution in [0.25, 0.3) is 0 Å². The summed E-state index contributed by atoms with van der Waals surface area (Å²) in [5, 5.41) is 0.318. The highest BCUT2D eigenvalue weighted by Gasteiger charge is 2.35. The van der Waals surface area contributed by atoms with Gasteiger partial charge in [0.05, 0.1) is 13.1 Å². The van der Waals surface area contributed by atoms with Gasteiger partial charge in [0.1, 0.15) is 11.7 Å². The van der Waals surface area contributed by atoms with Gasteiger partial charge in [-0.25, -0.2) is 9.18 Å². The molecule has 0 unspecified atom stereocenters. The van der Waals surface area contributed by atoms with Crippen molar-refractivity contribution in [3.63, 3.8) is 0 Å². The van der Waals surface area contributed by atoms with Crippen LogP contribution in [0.15, 0.2) is 18.2 Å². The van der Waals surface area contributed by atoms with Gasteiger partial charge in [0.2, 0.25) is 0 Å². The number of hydrogen-bond acceptors (Lipinski definition) is 3. The lowest BCUT2D eigenvalue weighted by Crippen LogP contribution is -2.57. The maximum Gasteiger partial charge on any atom is 0.410 e. The van der Waals surface area contributed by atoms with Gasteiger partial charge < -0.3 is 14.4 Å². The summed E-state index contributed by atoms with van der Waals surface area (Å²) >= 11 is 5.66. The number of amides is 1. The van der Waals surface area contributed by atoms with Crippen LogP contribution in [0.4, 0.5) is 9.18 Å². The van der Waals surface area contributed by atoms with Crippen LogP contribution in [0, 0.1) is 5.82 Å². The zero-order valence-electron chi connectivity index (χ0n) is 11.7. The Morgan fingerprint density at radius 1 is 1.40 bits per heavy atom. The third-order valence-corrected chi connectivity index (χ3v) is 2.92. The molecule has 0 spiro atoms. The van der Waals surface area contributed by atoms with E-state index in [0.29, 0.717) is 18.1 Å². The molecule has 20 heavy (non-hydrogen) atoms. The van der Waals surface area contributed by atoms with Crippen LogP contribution in [-0.2, 0) is 4.74 Å². The fourth-order valence-corrected chi connectivity index (χ4v) is 1.90. The van der Waals surface area contributed by atoms with Crippen molar-refractivity contribution in [1.29, 1.82) is 0 Å². The molecule has 1 saturated heterocycles. The molecule has 1 aromatic carbocycles. The number of likely N-dealkylation sites (tertiary alicyclic amines) is 1. The van der Waals surface area contributed by atoms with Crippen LogP contribution in [0.3, 0.4) is 0 Å². The van der Waals surface area contributed by atoms with Crippen molar-refractivity contribution in [1.82, 2.24) is 4.90 Å². The Hall–Kier alpha value is -1.49. The van der Waals surface area contributed by atoms with Crippen molar-refractivity contribution in [2.24, 2.45) is 0 Å². The van der Waals surface area contributed by atoms with Crippen molar-refractivity contribution in [2.75, 3.05) is 13.1 Å². The Morgan fingerprint density at radius 2 is 2.05 bits per heavy atom. The molecule has 0 N–H and O–H groups in total. The first-order valence-corrected chi connectivity index (χ1v) is 6.72. The predicted octanol–water partition coefficient (Wildman–Crippen LogP) is 3.48. The molecule has 0 radical (unpaired) electrons. The highest BCUT2D eigenvalue weighted by Crippen LogP contribution is 2.25. The molecule has 1 amide bonds. The monoisotopic (exact) mass is 301 g/mol. The fourth-order valence-electron chi connectivity index (χ4n) is 1.74. The number of benzene rings is 1. The molecule has 6 heteroatoms. The Balaban J connectivity index is 1.83. The minimum atomic E-state index is -0.523. The van der Waals surface area contributed by atoms with Gasteiger partial charge in [-0.3, -0.25) is 0 Å². The first-order chi connectivity index (χ1) is 9.24. The first kappa shape index (κ1) is 14.9. The normalized spacial score (nSPS) is 15.8. The lowest BCUT2D eigenvalue weighted by Gasteiger charge is -2.39. The Bertz CT molecular complexity index is 510. The highest BCUT2D eigenvalue weighted by molar-refractivity contribution is 6.30. The Kier molecular flexibility index (Phi) is 4.09. The molecule has 0 bridgehead atoms. The maximum atomic E-state index is 13.5. The van der Waals surface area contributed by atoms with Crippen molar-refractivity contribution < 1.29 is 18.7 Å². The molecule has 0 atom stereocenters. The summed E-state index contributed by atoms with van der Waals surface area (Å²) < 4.78 is 24.2. The predicted molar refractivity (Wildman–Crippen MR) is 73.6 cm³/mol. The number of ether oxygens (including phenoxy) is 2. The van der Waals surface area contributed by atoms with Crippen LogP contribution in [-0.4, -0.2) is 35.8 Å². The minimum Gasteiger partial charge on any atom is -0.484 e. The number of hydrogen-bond donors (Lipinski definition) is 0. The molecule has 4 nitrogen and oxygen atoms in total. The van der Waals surface area contributed by atoms with E-state index >= 15 is 0 Å². The smallest absolute Gasteiger partial charge is 0.410 e. The van der Waals surface area contributed by atoms with Crippen molar-refractivity contribution in [2.45, 2.75) is 32.5 Å². The average Bonchev–Trinajstić information content (AvgIpc) is 2.22. The summed E-state index contributed by atoms with van der Waals surface area (Å²) in [5.74, 6) is -0.364. The van der Waals surface area contributed by atoms with Gasteiger partial charge >= 0.3 is 6.09 Å². The summed E-state index contributed by atoms with van der Waals surface area (Å²) in [6, 6.07) is 4.24. The molecule has 0 aromatic heterocycles. The van der Waals surface area contributed by atoms with Crippen LogP contribution in [0.2, 0.25) is 5.02 Å². The van der Waals surface area contributed by atoms with Crippen molar-refractivity contribution in [3.8, 4) is 5.75 Å². The highest BCUT2D eigenvalue weighted by atomic mass is 35.5. The Morgan fingerprint density at radius 3 is 2.60 bits per heavy atom. The van der Waals surface area contributed by atoms with E-state index in [0.717, 1.165) is 0 Å². The van der Waals surface area contributed by atoms with E-state index in [2.05, 4.69) is 0 Å². The standard InChI is InChI=1S/C14H17ClFNO3/c1-14(2,3)20-13(18)17-7-10(8-17)19-12-5-4-9(15)6-11(12)16/h4-6,10H,7-8H2,1-3H3. The number of rotatable bonds is 2. The van der Waals surface area contributed by atoms with Crippen molar-refractivity contribution in [3.05, 3.63) is 29.0 Å². The van der Waals surface area contributed by atoms with E-state index in [1.165, 1.54) is 17.0 Å². The molecular formula is C14H17ClFNO3. The van der Waals surface area contributed by atoms with E-state index in [-0.39, 0.29) is 17.9 Å². The third kappa shape index (κ3) is 3.76. The van der Waals surface area contributed by atoms with E-state index < -0.39 is 11.4 Å². The van der Waals surface area contributed by atoms with E-state index in [4.69, 9.17) is 21.1 Å². The lowest BCUT2D eigenvalue weighted by atomic mass is 10.1. The number of nitrogens with zero attached hydrogens (tertiary/aromatic N) is 1. The Labute approximate surface area is 122 Å². The van der Waals surface area contributed by atoms with Gasteiger partial charge in [-0.2, -0.15) is 0 Å². The molecule has 0 saturated carbocycles. The van der Waals surface area contributed by atoms with Crippen LogP contribution >= 0.6 is 11.6 Å². The van der Waals surface area contributed by atoms with Gasteiger partial charge in [-0.1, -0.05) is 11.6 Å². The summed E-state index contributed by atoms with van der Waals surface area (Å²) in [4.78, 5) is 13.2. The molecule has 1 heterocycles. The summed E-state index contributed by atoms with van der Waals surface area (Å²) in [6.45, 7) is 6.19. The maximum absolute atomic E-state index is 13.5. The number of carbonyl (C=O) groups excluding carboxylic acids is 1. The summed E-state index contributed by atoms with van der Waals surface area (Å²) in [7, 11) is 0. The second-order valence-electron chi connectivity index (χ2n) is 5.70. The van der Waals surface area contributed by atoms with Gasteiger partial charge in [0.25, 0.3) is 0 Å². The molecule has 1 fully saturated rings. The van der Waals surface area contributed by atoms with E-state index in [9.17, 15) is 9.18 Å². The molecule has 0 aliphatic carbocycles. The fraction of sp³-hybridized carbons (Fsp3) is 0.500. The average molecular weight is 302 g/mol. The van der Waals surface area contributed by atoms with Gasteiger partial charge in [0.15, 0.2) is 11.6 Å². The largest absolute Gasteiger partial charge is 0.484 e.